The molecular weight excluding hydrogens is 372 g/mol. The number of methoxy groups -OCH3 is 2. The van der Waals surface area contributed by atoms with Crippen LogP contribution in [0.4, 0.5) is 5.82 Å². The van der Waals surface area contributed by atoms with Crippen LogP contribution in [0.3, 0.4) is 0 Å². The van der Waals surface area contributed by atoms with Gasteiger partial charge in [0.25, 0.3) is 0 Å². The number of rotatable bonds is 8. The monoisotopic (exact) mass is 396 g/mol. The Balaban J connectivity index is 1.69. The quantitative estimate of drug-likeness (QED) is 0.413. The molecule has 6 nitrogen and oxygen atoms in total. The summed E-state index contributed by atoms with van der Waals surface area (Å²) in [6.45, 7) is 3.14. The summed E-state index contributed by atoms with van der Waals surface area (Å²) in [6, 6.07) is 10.1. The van der Waals surface area contributed by atoms with Crippen molar-refractivity contribution < 1.29 is 9.47 Å². The Labute approximate surface area is 168 Å². The van der Waals surface area contributed by atoms with Crippen LogP contribution in [0.5, 0.6) is 11.5 Å². The van der Waals surface area contributed by atoms with Crippen molar-refractivity contribution in [3.8, 4) is 22.1 Å². The maximum absolute atomic E-state index is 5.43. The fourth-order valence-corrected chi connectivity index (χ4v) is 4.29. The third-order valence-electron chi connectivity index (χ3n) is 4.72. The molecule has 0 unspecified atom stereocenters. The van der Waals surface area contributed by atoms with Gasteiger partial charge in [-0.05, 0) is 36.1 Å². The average molecular weight is 397 g/mol. The number of thiophene rings is 1. The first kappa shape index (κ1) is 18.6. The van der Waals surface area contributed by atoms with E-state index >= 15 is 0 Å². The van der Waals surface area contributed by atoms with Crippen LogP contribution in [-0.4, -0.2) is 35.4 Å². The highest BCUT2D eigenvalue weighted by atomic mass is 32.1. The van der Waals surface area contributed by atoms with E-state index in [2.05, 4.69) is 23.3 Å². The van der Waals surface area contributed by atoms with Gasteiger partial charge in [-0.3, -0.25) is 0 Å². The highest BCUT2D eigenvalue weighted by molar-refractivity contribution is 7.22. The lowest BCUT2D eigenvalue weighted by Crippen LogP contribution is -2.05. The van der Waals surface area contributed by atoms with Gasteiger partial charge in [-0.2, -0.15) is 0 Å². The summed E-state index contributed by atoms with van der Waals surface area (Å²) in [5.74, 6) is 2.33. The number of ether oxygens (including phenoxy) is 2. The second-order valence-corrected chi connectivity index (χ2v) is 7.71. The normalized spacial score (nSPS) is 11.2. The highest BCUT2D eigenvalue weighted by Crippen LogP contribution is 2.39. The molecule has 0 amide bonds. The van der Waals surface area contributed by atoms with Gasteiger partial charge < -0.3 is 14.8 Å². The van der Waals surface area contributed by atoms with Gasteiger partial charge in [0.15, 0.2) is 17.1 Å². The molecular formula is C21H24N4O2S. The molecule has 0 radical (unpaired) electrons. The number of hydrogen-bond acceptors (Lipinski definition) is 6. The van der Waals surface area contributed by atoms with Crippen molar-refractivity contribution in [2.75, 3.05) is 26.1 Å². The van der Waals surface area contributed by atoms with Gasteiger partial charge in [0, 0.05) is 17.3 Å². The van der Waals surface area contributed by atoms with Crippen LogP contribution in [0.1, 0.15) is 26.2 Å². The van der Waals surface area contributed by atoms with Crippen molar-refractivity contribution in [1.29, 1.82) is 0 Å². The molecule has 3 aromatic heterocycles. The SMILES string of the molecule is CCCCCNc1ccc2ncc(-c3cc4cc(OC)c(OC)cc4s3)n2n1. The predicted octanol–water partition coefficient (Wildman–Crippen LogP) is 5.23. The molecule has 0 bridgehead atoms. The lowest BCUT2D eigenvalue weighted by Gasteiger charge is -2.06. The van der Waals surface area contributed by atoms with Crippen LogP contribution in [0, 0.1) is 0 Å². The summed E-state index contributed by atoms with van der Waals surface area (Å²) in [5, 5.41) is 9.27. The molecule has 0 saturated heterocycles. The fraction of sp³-hybridized carbons (Fsp3) is 0.333. The van der Waals surface area contributed by atoms with E-state index in [4.69, 9.17) is 14.6 Å². The molecule has 7 heteroatoms. The van der Waals surface area contributed by atoms with E-state index in [9.17, 15) is 0 Å². The Morgan fingerprint density at radius 2 is 1.89 bits per heavy atom. The number of aromatic nitrogens is 3. The van der Waals surface area contributed by atoms with Crippen molar-refractivity contribution in [3.05, 3.63) is 36.5 Å². The fourth-order valence-electron chi connectivity index (χ4n) is 3.22. The molecule has 0 aliphatic heterocycles. The summed E-state index contributed by atoms with van der Waals surface area (Å²) in [7, 11) is 3.31. The Bertz CT molecular complexity index is 1060. The smallest absolute Gasteiger partial charge is 0.162 e. The molecule has 0 aliphatic carbocycles. The summed E-state index contributed by atoms with van der Waals surface area (Å²) >= 11 is 1.69. The molecule has 0 saturated carbocycles. The first-order valence-corrected chi connectivity index (χ1v) is 10.3. The number of nitrogens with one attached hydrogen (secondary N) is 1. The first-order valence-electron chi connectivity index (χ1n) is 9.48. The Morgan fingerprint density at radius 3 is 2.68 bits per heavy atom. The summed E-state index contributed by atoms with van der Waals surface area (Å²) in [4.78, 5) is 5.62. The zero-order valence-electron chi connectivity index (χ0n) is 16.4. The van der Waals surface area contributed by atoms with Gasteiger partial charge in [-0.15, -0.1) is 16.4 Å². The van der Waals surface area contributed by atoms with E-state index in [-0.39, 0.29) is 0 Å². The van der Waals surface area contributed by atoms with Gasteiger partial charge >= 0.3 is 0 Å². The second-order valence-electron chi connectivity index (χ2n) is 6.62. The molecule has 146 valence electrons. The minimum atomic E-state index is 0.731. The maximum atomic E-state index is 5.43. The van der Waals surface area contributed by atoms with E-state index in [1.54, 1.807) is 25.6 Å². The maximum Gasteiger partial charge on any atom is 0.162 e. The van der Waals surface area contributed by atoms with Crippen LogP contribution in [-0.2, 0) is 0 Å². The van der Waals surface area contributed by atoms with Crippen molar-refractivity contribution in [3.63, 3.8) is 0 Å². The van der Waals surface area contributed by atoms with Crippen molar-refractivity contribution in [1.82, 2.24) is 14.6 Å². The lowest BCUT2D eigenvalue weighted by molar-refractivity contribution is 0.356. The molecule has 28 heavy (non-hydrogen) atoms. The van der Waals surface area contributed by atoms with E-state index in [0.29, 0.717) is 0 Å². The highest BCUT2D eigenvalue weighted by Gasteiger charge is 2.14. The second kappa shape index (κ2) is 8.06. The number of anilines is 1. The average Bonchev–Trinajstić information content (AvgIpc) is 3.32. The van der Waals surface area contributed by atoms with E-state index < -0.39 is 0 Å². The number of benzene rings is 1. The number of nitrogens with zero attached hydrogens (tertiary/aromatic N) is 3. The molecule has 0 spiro atoms. The van der Waals surface area contributed by atoms with Crippen LogP contribution in [0.2, 0.25) is 0 Å². The molecule has 0 fully saturated rings. The van der Waals surface area contributed by atoms with Crippen LogP contribution >= 0.6 is 11.3 Å². The summed E-state index contributed by atoms with van der Waals surface area (Å²) < 4.78 is 13.9. The minimum Gasteiger partial charge on any atom is -0.493 e. The van der Waals surface area contributed by atoms with E-state index in [0.717, 1.165) is 56.6 Å². The van der Waals surface area contributed by atoms with Crippen molar-refractivity contribution in [2.45, 2.75) is 26.2 Å². The van der Waals surface area contributed by atoms with Crippen molar-refractivity contribution in [2.24, 2.45) is 0 Å². The van der Waals surface area contributed by atoms with Gasteiger partial charge in [0.2, 0.25) is 0 Å². The lowest BCUT2D eigenvalue weighted by atomic mass is 10.2. The number of unbranched alkanes of at least 4 members (excludes halogenated alkanes) is 2. The molecule has 4 aromatic rings. The molecule has 4 rings (SSSR count). The first-order chi connectivity index (χ1) is 13.7. The topological polar surface area (TPSA) is 60.7 Å². The van der Waals surface area contributed by atoms with Gasteiger partial charge in [0.05, 0.1) is 25.3 Å². The summed E-state index contributed by atoms with van der Waals surface area (Å²) in [6.07, 6.45) is 5.46. The van der Waals surface area contributed by atoms with Crippen LogP contribution < -0.4 is 14.8 Å². The minimum absolute atomic E-state index is 0.731. The zero-order valence-corrected chi connectivity index (χ0v) is 17.2. The molecule has 3 heterocycles. The zero-order chi connectivity index (χ0) is 19.5. The third-order valence-corrected chi connectivity index (χ3v) is 5.84. The Morgan fingerprint density at radius 1 is 1.07 bits per heavy atom. The van der Waals surface area contributed by atoms with Gasteiger partial charge in [0.1, 0.15) is 11.5 Å². The van der Waals surface area contributed by atoms with Crippen molar-refractivity contribution >= 4 is 32.9 Å². The molecule has 0 atom stereocenters. The molecule has 1 aromatic carbocycles. The van der Waals surface area contributed by atoms with E-state index in [1.807, 2.05) is 35.0 Å². The summed E-state index contributed by atoms with van der Waals surface area (Å²) in [5.41, 5.74) is 1.81. The number of hydrogen-bond donors (Lipinski definition) is 1. The third kappa shape index (κ3) is 3.49. The molecule has 0 aliphatic rings. The Kier molecular flexibility index (Phi) is 5.34. The van der Waals surface area contributed by atoms with Crippen LogP contribution in [0.15, 0.2) is 36.5 Å². The largest absolute Gasteiger partial charge is 0.493 e. The van der Waals surface area contributed by atoms with Gasteiger partial charge in [-0.1, -0.05) is 19.8 Å². The van der Waals surface area contributed by atoms with E-state index in [1.165, 1.54) is 12.8 Å². The molecule has 1 N–H and O–H groups in total. The number of imidazole rings is 1. The Hall–Kier alpha value is -2.80. The number of fused-ring (bicyclic) bond motifs is 2. The predicted molar refractivity (Wildman–Crippen MR) is 115 cm³/mol. The van der Waals surface area contributed by atoms with Crippen LogP contribution in [0.25, 0.3) is 26.3 Å². The van der Waals surface area contributed by atoms with Gasteiger partial charge in [-0.25, -0.2) is 9.50 Å². The standard InChI is InChI=1S/C21H24N4O2S/c1-4-5-6-9-22-20-7-8-21-23-13-15(25(21)24-20)19-11-14-10-16(26-2)17(27-3)12-18(14)28-19/h7-8,10-13H,4-6,9H2,1-3H3,(H,22,24).